The lowest BCUT2D eigenvalue weighted by Gasteiger charge is -2.45. The lowest BCUT2D eigenvalue weighted by atomic mass is 9.60. The van der Waals surface area contributed by atoms with E-state index in [-0.39, 0.29) is 16.9 Å². The van der Waals surface area contributed by atoms with Gasteiger partial charge in [-0.05, 0) is 18.3 Å². The molecule has 0 aromatic carbocycles. The average Bonchev–Trinajstić information content (AvgIpc) is 1.99. The summed E-state index contributed by atoms with van der Waals surface area (Å²) < 4.78 is 0. The van der Waals surface area contributed by atoms with Gasteiger partial charge in [-0.1, -0.05) is 34.6 Å². The average molecular weight is 184 g/mol. The first-order chi connectivity index (χ1) is 5.66. The molecule has 0 saturated heterocycles. The van der Waals surface area contributed by atoms with Crippen LogP contribution in [0.25, 0.3) is 0 Å². The molecular formula is C11H24N2. The van der Waals surface area contributed by atoms with Gasteiger partial charge < -0.3 is 11.1 Å². The fourth-order valence-corrected chi connectivity index (χ4v) is 1.58. The van der Waals surface area contributed by atoms with Gasteiger partial charge in [-0.15, -0.1) is 0 Å². The Labute approximate surface area is 82.4 Å². The number of hydrogen-bond acceptors (Lipinski definition) is 2. The fourth-order valence-electron chi connectivity index (χ4n) is 1.58. The van der Waals surface area contributed by atoms with Crippen LogP contribution in [0.4, 0.5) is 0 Å². The molecule has 0 fully saturated rings. The van der Waals surface area contributed by atoms with Crippen LogP contribution in [0, 0.1) is 22.2 Å². The Bertz CT molecular complexity index is 179. The summed E-state index contributed by atoms with van der Waals surface area (Å²) in [5, 5.41) is 7.56. The van der Waals surface area contributed by atoms with Crippen molar-refractivity contribution in [1.82, 2.24) is 0 Å². The third-order valence-corrected chi connectivity index (χ3v) is 3.65. The van der Waals surface area contributed by atoms with Crippen LogP contribution in [-0.2, 0) is 0 Å². The van der Waals surface area contributed by atoms with Crippen molar-refractivity contribution in [2.75, 3.05) is 0 Å². The number of nitrogens with one attached hydrogen (secondary N) is 1. The SMILES string of the molecule is C[C@@H](N)[C@H](C)C(C)(C=N)C(C)(C)C. The molecule has 2 heteroatoms. The molecule has 3 atom stereocenters. The van der Waals surface area contributed by atoms with Gasteiger partial charge in [0.1, 0.15) is 0 Å². The predicted molar refractivity (Wildman–Crippen MR) is 59.2 cm³/mol. The maximum atomic E-state index is 7.56. The maximum Gasteiger partial charge on any atom is 0.0110 e. The highest BCUT2D eigenvalue weighted by Gasteiger charge is 2.41. The summed E-state index contributed by atoms with van der Waals surface area (Å²) in [5.74, 6) is 0.324. The van der Waals surface area contributed by atoms with Crippen molar-refractivity contribution < 1.29 is 0 Å². The van der Waals surface area contributed by atoms with Crippen molar-refractivity contribution in [3.63, 3.8) is 0 Å². The topological polar surface area (TPSA) is 49.9 Å². The van der Waals surface area contributed by atoms with Crippen LogP contribution in [0.1, 0.15) is 41.5 Å². The van der Waals surface area contributed by atoms with Gasteiger partial charge >= 0.3 is 0 Å². The van der Waals surface area contributed by atoms with E-state index in [2.05, 4.69) is 34.6 Å². The molecule has 0 aromatic heterocycles. The van der Waals surface area contributed by atoms with Crippen LogP contribution in [0.2, 0.25) is 0 Å². The van der Waals surface area contributed by atoms with Crippen LogP contribution >= 0.6 is 0 Å². The van der Waals surface area contributed by atoms with Gasteiger partial charge in [0, 0.05) is 17.7 Å². The second kappa shape index (κ2) is 3.79. The standard InChI is InChI=1S/C11H24N2/c1-8(9(2)13)11(6,7-12)10(3,4)5/h7-9,12H,13H2,1-6H3/t8-,9+,11?/m0/s1. The van der Waals surface area contributed by atoms with Gasteiger partial charge in [-0.2, -0.15) is 0 Å². The second-order valence-corrected chi connectivity index (χ2v) is 5.32. The lowest BCUT2D eigenvalue weighted by molar-refractivity contribution is 0.112. The van der Waals surface area contributed by atoms with Gasteiger partial charge in [-0.25, -0.2) is 0 Å². The van der Waals surface area contributed by atoms with E-state index in [1.165, 1.54) is 0 Å². The van der Waals surface area contributed by atoms with Gasteiger partial charge in [0.25, 0.3) is 0 Å². The zero-order valence-corrected chi connectivity index (χ0v) is 9.81. The van der Waals surface area contributed by atoms with E-state index in [9.17, 15) is 0 Å². The van der Waals surface area contributed by atoms with Gasteiger partial charge in [-0.3, -0.25) is 0 Å². The van der Waals surface area contributed by atoms with Gasteiger partial charge in [0.05, 0.1) is 0 Å². The molecule has 0 aromatic rings. The molecule has 3 N–H and O–H groups in total. The van der Waals surface area contributed by atoms with Crippen molar-refractivity contribution in [1.29, 1.82) is 5.41 Å². The first-order valence-corrected chi connectivity index (χ1v) is 4.94. The molecule has 0 heterocycles. The molecule has 1 unspecified atom stereocenters. The summed E-state index contributed by atoms with van der Waals surface area (Å²) in [6.45, 7) is 12.7. The van der Waals surface area contributed by atoms with Crippen molar-refractivity contribution in [3.05, 3.63) is 0 Å². The molecule has 0 aliphatic heterocycles. The van der Waals surface area contributed by atoms with Gasteiger partial charge in [0.2, 0.25) is 0 Å². The fraction of sp³-hybridized carbons (Fsp3) is 0.909. The van der Waals surface area contributed by atoms with Crippen molar-refractivity contribution >= 4 is 6.21 Å². The summed E-state index contributed by atoms with van der Waals surface area (Å²) in [7, 11) is 0. The van der Waals surface area contributed by atoms with E-state index in [1.54, 1.807) is 6.21 Å². The highest BCUT2D eigenvalue weighted by atomic mass is 14.7. The molecule has 13 heavy (non-hydrogen) atoms. The zero-order chi connectivity index (χ0) is 10.9. The Morgan fingerprint density at radius 1 is 1.15 bits per heavy atom. The molecule has 0 bridgehead atoms. The minimum Gasteiger partial charge on any atom is -0.328 e. The quantitative estimate of drug-likeness (QED) is 0.651. The first kappa shape index (κ1) is 12.6. The number of nitrogens with two attached hydrogens (primary N) is 1. The molecular weight excluding hydrogens is 160 g/mol. The number of rotatable bonds is 3. The molecule has 78 valence electrons. The third-order valence-electron chi connectivity index (χ3n) is 3.65. The van der Waals surface area contributed by atoms with E-state index in [4.69, 9.17) is 11.1 Å². The number of hydrogen-bond donors (Lipinski definition) is 2. The summed E-state index contributed by atoms with van der Waals surface area (Å²) >= 11 is 0. The molecule has 0 amide bonds. The maximum absolute atomic E-state index is 7.56. The smallest absolute Gasteiger partial charge is 0.0110 e. The van der Waals surface area contributed by atoms with Crippen molar-refractivity contribution in [3.8, 4) is 0 Å². The Morgan fingerprint density at radius 2 is 1.54 bits per heavy atom. The van der Waals surface area contributed by atoms with Crippen molar-refractivity contribution in [2.24, 2.45) is 22.5 Å². The molecule has 0 spiro atoms. The second-order valence-electron chi connectivity index (χ2n) is 5.32. The summed E-state index contributed by atoms with van der Waals surface area (Å²) in [4.78, 5) is 0. The van der Waals surface area contributed by atoms with Crippen molar-refractivity contribution in [2.45, 2.75) is 47.6 Å². The molecule has 0 rings (SSSR count). The minimum atomic E-state index is -0.124. The minimum absolute atomic E-state index is 0.0851. The van der Waals surface area contributed by atoms with Crippen LogP contribution in [-0.4, -0.2) is 12.3 Å². The molecule has 0 aliphatic carbocycles. The molecule has 0 radical (unpaired) electrons. The van der Waals surface area contributed by atoms with Crippen LogP contribution < -0.4 is 5.73 Å². The van der Waals surface area contributed by atoms with Crippen LogP contribution in [0.15, 0.2) is 0 Å². The Balaban J connectivity index is 4.95. The highest BCUT2D eigenvalue weighted by Crippen LogP contribution is 2.43. The molecule has 0 aliphatic rings. The summed E-state index contributed by atoms with van der Waals surface area (Å²) in [6, 6.07) is 0.130. The monoisotopic (exact) mass is 184 g/mol. The highest BCUT2D eigenvalue weighted by molar-refractivity contribution is 5.63. The lowest BCUT2D eigenvalue weighted by Crippen LogP contribution is -2.46. The largest absolute Gasteiger partial charge is 0.328 e. The van der Waals surface area contributed by atoms with Crippen LogP contribution in [0.3, 0.4) is 0 Å². The first-order valence-electron chi connectivity index (χ1n) is 4.94. The van der Waals surface area contributed by atoms with E-state index in [0.29, 0.717) is 5.92 Å². The summed E-state index contributed by atoms with van der Waals surface area (Å²) in [6.07, 6.45) is 1.56. The zero-order valence-electron chi connectivity index (χ0n) is 9.81. The van der Waals surface area contributed by atoms with E-state index in [0.717, 1.165) is 0 Å². The van der Waals surface area contributed by atoms with E-state index < -0.39 is 0 Å². The predicted octanol–water partition coefficient (Wildman–Crippen LogP) is 2.67. The van der Waals surface area contributed by atoms with E-state index >= 15 is 0 Å². The van der Waals surface area contributed by atoms with E-state index in [1.807, 2.05) is 6.92 Å². The normalized spacial score (nSPS) is 21.8. The Hall–Kier alpha value is -0.370. The summed E-state index contributed by atoms with van der Waals surface area (Å²) in [5.41, 5.74) is 5.85. The van der Waals surface area contributed by atoms with Crippen LogP contribution in [0.5, 0.6) is 0 Å². The Morgan fingerprint density at radius 3 is 1.62 bits per heavy atom. The molecule has 2 nitrogen and oxygen atoms in total. The van der Waals surface area contributed by atoms with Gasteiger partial charge in [0.15, 0.2) is 0 Å². The Kier molecular flexibility index (Phi) is 3.68. The third kappa shape index (κ3) is 2.31. The molecule has 0 saturated carbocycles.